The number of carbonyl (C=O) groups is 1. The zero-order valence-electron chi connectivity index (χ0n) is 11.8. The van der Waals surface area contributed by atoms with Gasteiger partial charge in [0, 0.05) is 16.6 Å². The molecule has 0 radical (unpaired) electrons. The fourth-order valence-corrected chi connectivity index (χ4v) is 2.70. The predicted octanol–water partition coefficient (Wildman–Crippen LogP) is 3.96. The van der Waals surface area contributed by atoms with Crippen LogP contribution in [0.1, 0.15) is 16.1 Å². The van der Waals surface area contributed by atoms with E-state index in [0.717, 1.165) is 27.9 Å². The molecule has 0 bridgehead atoms. The summed E-state index contributed by atoms with van der Waals surface area (Å²) in [6.45, 7) is 1.93. The number of pyridine rings is 1. The van der Waals surface area contributed by atoms with E-state index in [-0.39, 0.29) is 5.56 Å². The number of carboxylic acid groups (broad SMARTS) is 1. The molecule has 0 aliphatic heterocycles. The second-order valence-corrected chi connectivity index (χ2v) is 5.57. The van der Waals surface area contributed by atoms with Crippen LogP contribution in [-0.4, -0.2) is 21.0 Å². The molecule has 0 fully saturated rings. The predicted molar refractivity (Wildman–Crippen MR) is 86.8 cm³/mol. The molecule has 0 saturated heterocycles. The van der Waals surface area contributed by atoms with Gasteiger partial charge in [0.05, 0.1) is 11.3 Å². The topological polar surface area (TPSA) is 75.1 Å². The third-order valence-electron chi connectivity index (χ3n) is 3.06. The van der Waals surface area contributed by atoms with Crippen LogP contribution in [0, 0.1) is 6.92 Å². The Balaban J connectivity index is 1.80. The number of benzene rings is 1. The number of hydrogen-bond acceptors (Lipinski definition) is 5. The standard InChI is InChI=1S/C16H13N3O2S/c1-10-3-2-4-14(17-10)19-16-18-13(9-22-16)11-5-7-12(8-6-11)15(20)21/h2-9H,1H3,(H,20,21)(H,17,18,19). The Hall–Kier alpha value is -2.73. The lowest BCUT2D eigenvalue weighted by Gasteiger charge is -2.02. The molecular weight excluding hydrogens is 298 g/mol. The molecule has 2 N–H and O–H groups in total. The Kier molecular flexibility index (Phi) is 3.84. The fraction of sp³-hybridized carbons (Fsp3) is 0.0625. The number of nitrogens with zero attached hydrogens (tertiary/aromatic N) is 2. The maximum absolute atomic E-state index is 10.9. The van der Waals surface area contributed by atoms with E-state index >= 15 is 0 Å². The Morgan fingerprint density at radius 3 is 2.59 bits per heavy atom. The summed E-state index contributed by atoms with van der Waals surface area (Å²) in [5.41, 5.74) is 2.89. The number of aromatic carboxylic acids is 1. The molecule has 5 nitrogen and oxygen atoms in total. The van der Waals surface area contributed by atoms with Gasteiger partial charge in [-0.05, 0) is 31.2 Å². The van der Waals surface area contributed by atoms with Crippen molar-refractivity contribution in [1.82, 2.24) is 9.97 Å². The van der Waals surface area contributed by atoms with Crippen molar-refractivity contribution in [2.24, 2.45) is 0 Å². The molecule has 0 amide bonds. The van der Waals surface area contributed by atoms with Gasteiger partial charge in [-0.15, -0.1) is 11.3 Å². The average Bonchev–Trinajstić information content (AvgIpc) is 2.96. The Morgan fingerprint density at radius 2 is 1.91 bits per heavy atom. The van der Waals surface area contributed by atoms with Crippen molar-refractivity contribution in [3.8, 4) is 11.3 Å². The third kappa shape index (κ3) is 3.12. The lowest BCUT2D eigenvalue weighted by molar-refractivity contribution is 0.0697. The second kappa shape index (κ2) is 5.95. The Labute approximate surface area is 131 Å². The van der Waals surface area contributed by atoms with Crippen molar-refractivity contribution >= 4 is 28.3 Å². The van der Waals surface area contributed by atoms with E-state index in [1.165, 1.54) is 11.3 Å². The van der Waals surface area contributed by atoms with Crippen LogP contribution in [0.5, 0.6) is 0 Å². The number of nitrogens with one attached hydrogen (secondary N) is 1. The SMILES string of the molecule is Cc1cccc(Nc2nc(-c3ccc(C(=O)O)cc3)cs2)n1. The van der Waals surface area contributed by atoms with Crippen molar-refractivity contribution in [3.63, 3.8) is 0 Å². The van der Waals surface area contributed by atoms with Gasteiger partial charge in [-0.1, -0.05) is 18.2 Å². The molecule has 3 aromatic rings. The minimum Gasteiger partial charge on any atom is -0.478 e. The van der Waals surface area contributed by atoms with E-state index in [9.17, 15) is 4.79 Å². The normalized spacial score (nSPS) is 10.4. The maximum atomic E-state index is 10.9. The first-order chi connectivity index (χ1) is 10.6. The average molecular weight is 311 g/mol. The zero-order valence-corrected chi connectivity index (χ0v) is 12.6. The molecule has 2 heterocycles. The van der Waals surface area contributed by atoms with Crippen molar-refractivity contribution in [2.45, 2.75) is 6.92 Å². The van der Waals surface area contributed by atoms with E-state index in [0.29, 0.717) is 0 Å². The van der Waals surface area contributed by atoms with E-state index in [4.69, 9.17) is 5.11 Å². The Bertz CT molecular complexity index is 812. The second-order valence-electron chi connectivity index (χ2n) is 4.71. The number of thiazole rings is 1. The fourth-order valence-electron chi connectivity index (χ4n) is 1.97. The lowest BCUT2D eigenvalue weighted by atomic mass is 10.1. The van der Waals surface area contributed by atoms with Gasteiger partial charge in [0.25, 0.3) is 0 Å². The van der Waals surface area contributed by atoms with Crippen LogP contribution in [0.2, 0.25) is 0 Å². The number of aryl methyl sites for hydroxylation is 1. The van der Waals surface area contributed by atoms with Crippen LogP contribution in [0.4, 0.5) is 10.9 Å². The van der Waals surface area contributed by atoms with Crippen LogP contribution in [0.25, 0.3) is 11.3 Å². The zero-order chi connectivity index (χ0) is 15.5. The summed E-state index contributed by atoms with van der Waals surface area (Å²) in [5, 5.41) is 14.7. The van der Waals surface area contributed by atoms with Gasteiger partial charge in [0.2, 0.25) is 0 Å². The van der Waals surface area contributed by atoms with Gasteiger partial charge < -0.3 is 10.4 Å². The lowest BCUT2D eigenvalue weighted by Crippen LogP contribution is -1.95. The largest absolute Gasteiger partial charge is 0.478 e. The minimum absolute atomic E-state index is 0.265. The molecule has 0 saturated carbocycles. The van der Waals surface area contributed by atoms with Crippen LogP contribution < -0.4 is 5.32 Å². The molecule has 0 atom stereocenters. The van der Waals surface area contributed by atoms with E-state index < -0.39 is 5.97 Å². The number of carboxylic acids is 1. The summed E-state index contributed by atoms with van der Waals surface area (Å²) in [6.07, 6.45) is 0. The van der Waals surface area contributed by atoms with Gasteiger partial charge in [0.1, 0.15) is 5.82 Å². The van der Waals surface area contributed by atoms with Gasteiger partial charge in [-0.2, -0.15) is 0 Å². The highest BCUT2D eigenvalue weighted by molar-refractivity contribution is 7.14. The molecule has 6 heteroatoms. The first-order valence-corrected chi connectivity index (χ1v) is 7.50. The smallest absolute Gasteiger partial charge is 0.335 e. The van der Waals surface area contributed by atoms with Crippen molar-refractivity contribution < 1.29 is 9.90 Å². The van der Waals surface area contributed by atoms with Gasteiger partial charge >= 0.3 is 5.97 Å². The highest BCUT2D eigenvalue weighted by Crippen LogP contribution is 2.26. The van der Waals surface area contributed by atoms with Crippen molar-refractivity contribution in [1.29, 1.82) is 0 Å². The van der Waals surface area contributed by atoms with E-state index in [1.807, 2.05) is 30.5 Å². The number of rotatable bonds is 4. The molecule has 3 rings (SSSR count). The van der Waals surface area contributed by atoms with E-state index in [2.05, 4.69) is 15.3 Å². The molecule has 1 aromatic carbocycles. The molecule has 0 unspecified atom stereocenters. The van der Waals surface area contributed by atoms with Crippen molar-refractivity contribution in [3.05, 3.63) is 59.1 Å². The minimum atomic E-state index is -0.933. The van der Waals surface area contributed by atoms with Gasteiger partial charge in [-0.25, -0.2) is 14.8 Å². The van der Waals surface area contributed by atoms with Crippen LogP contribution in [0.3, 0.4) is 0 Å². The molecule has 0 aliphatic carbocycles. The summed E-state index contributed by atoms with van der Waals surface area (Å²) in [4.78, 5) is 19.7. The van der Waals surface area contributed by atoms with Gasteiger partial charge in [-0.3, -0.25) is 0 Å². The monoisotopic (exact) mass is 311 g/mol. The quantitative estimate of drug-likeness (QED) is 0.763. The van der Waals surface area contributed by atoms with Gasteiger partial charge in [0.15, 0.2) is 5.13 Å². The maximum Gasteiger partial charge on any atom is 0.335 e. The summed E-state index contributed by atoms with van der Waals surface area (Å²) in [7, 11) is 0. The molecule has 0 spiro atoms. The summed E-state index contributed by atoms with van der Waals surface area (Å²) in [5.74, 6) is -0.181. The first kappa shape index (κ1) is 14.2. The number of anilines is 2. The molecule has 22 heavy (non-hydrogen) atoms. The molecule has 110 valence electrons. The summed E-state index contributed by atoms with van der Waals surface area (Å²) >= 11 is 1.48. The summed E-state index contributed by atoms with van der Waals surface area (Å²) in [6, 6.07) is 12.4. The van der Waals surface area contributed by atoms with Crippen LogP contribution in [-0.2, 0) is 0 Å². The first-order valence-electron chi connectivity index (χ1n) is 6.62. The van der Waals surface area contributed by atoms with Crippen LogP contribution >= 0.6 is 11.3 Å². The molecular formula is C16H13N3O2S. The third-order valence-corrected chi connectivity index (χ3v) is 3.81. The Morgan fingerprint density at radius 1 is 1.14 bits per heavy atom. The van der Waals surface area contributed by atoms with Crippen LogP contribution in [0.15, 0.2) is 47.8 Å². The highest BCUT2D eigenvalue weighted by Gasteiger charge is 2.07. The number of aromatic nitrogens is 2. The van der Waals surface area contributed by atoms with Crippen molar-refractivity contribution in [2.75, 3.05) is 5.32 Å². The summed E-state index contributed by atoms with van der Waals surface area (Å²) < 4.78 is 0. The molecule has 0 aliphatic rings. The number of hydrogen-bond donors (Lipinski definition) is 2. The highest BCUT2D eigenvalue weighted by atomic mass is 32.1. The van der Waals surface area contributed by atoms with E-state index in [1.54, 1.807) is 24.3 Å². The molecule has 2 aromatic heterocycles.